The van der Waals surface area contributed by atoms with Gasteiger partial charge < -0.3 is 15.5 Å². The fourth-order valence-corrected chi connectivity index (χ4v) is 3.18. The average molecular weight is 369 g/mol. The average Bonchev–Trinajstić information content (AvgIpc) is 3.19. The molecule has 1 aliphatic rings. The van der Waals surface area contributed by atoms with Crippen molar-refractivity contribution in [3.8, 4) is 6.07 Å². The second-order valence-corrected chi connectivity index (χ2v) is 6.36. The number of rotatable bonds is 5. The van der Waals surface area contributed by atoms with Crippen molar-refractivity contribution < 1.29 is 4.79 Å². The maximum absolute atomic E-state index is 12.4. The summed E-state index contributed by atoms with van der Waals surface area (Å²) in [5.41, 5.74) is 6.44. The fourth-order valence-electron chi connectivity index (χ4n) is 3.18. The molecule has 3 rings (SSSR count). The Bertz CT molecular complexity index is 844. The molecule has 142 valence electrons. The van der Waals surface area contributed by atoms with E-state index in [1.807, 2.05) is 24.8 Å². The fraction of sp³-hybridized carbons (Fsp3) is 0.529. The highest BCUT2D eigenvalue weighted by Crippen LogP contribution is 2.25. The monoisotopic (exact) mass is 369 g/mol. The first-order chi connectivity index (χ1) is 13.1. The minimum absolute atomic E-state index is 0.0925. The third-order valence-electron chi connectivity index (χ3n) is 4.83. The van der Waals surface area contributed by atoms with Crippen LogP contribution in [0.25, 0.3) is 0 Å². The number of nitriles is 1. The first-order valence-electron chi connectivity index (χ1n) is 9.06. The van der Waals surface area contributed by atoms with Crippen molar-refractivity contribution in [2.45, 2.75) is 32.7 Å². The van der Waals surface area contributed by atoms with Gasteiger partial charge in [0.15, 0.2) is 5.69 Å². The Morgan fingerprint density at radius 3 is 2.67 bits per heavy atom. The van der Waals surface area contributed by atoms with E-state index >= 15 is 0 Å². The third-order valence-corrected chi connectivity index (χ3v) is 4.83. The minimum atomic E-state index is -0.0925. The lowest BCUT2D eigenvalue weighted by molar-refractivity contribution is 0.0767. The highest BCUT2D eigenvalue weighted by Gasteiger charge is 2.25. The number of nitrogens with zero attached hydrogens (tertiary/aromatic N) is 8. The van der Waals surface area contributed by atoms with Gasteiger partial charge in [0, 0.05) is 26.2 Å². The molecule has 0 aliphatic carbocycles. The number of amides is 1. The molecule has 0 saturated carbocycles. The van der Waals surface area contributed by atoms with Crippen LogP contribution >= 0.6 is 0 Å². The van der Waals surface area contributed by atoms with Crippen molar-refractivity contribution in [2.75, 3.05) is 36.8 Å². The summed E-state index contributed by atoms with van der Waals surface area (Å²) >= 11 is 0. The highest BCUT2D eigenvalue weighted by molar-refractivity contribution is 5.91. The predicted octanol–water partition coefficient (Wildman–Crippen LogP) is 0.845. The minimum Gasteiger partial charge on any atom is -0.382 e. The SMILES string of the molecule is CCN(CC)C(=O)c1cn(C2CCN(c3ncc(C#N)c(N)n3)CC2)nn1. The van der Waals surface area contributed by atoms with Gasteiger partial charge in [-0.2, -0.15) is 10.2 Å². The summed E-state index contributed by atoms with van der Waals surface area (Å²) in [6.45, 7) is 6.64. The Balaban J connectivity index is 1.64. The molecule has 1 amide bonds. The lowest BCUT2D eigenvalue weighted by atomic mass is 10.1. The maximum atomic E-state index is 12.4. The standard InChI is InChI=1S/C17H23N9O/c1-3-24(4-2)16(27)14-11-26(23-22-14)13-5-7-25(8-6-13)17-20-10-12(9-18)15(19)21-17/h10-11,13H,3-8H2,1-2H3,(H2,19,20,21). The number of hydrogen-bond acceptors (Lipinski definition) is 8. The van der Waals surface area contributed by atoms with E-state index in [1.165, 1.54) is 6.20 Å². The zero-order valence-corrected chi connectivity index (χ0v) is 15.5. The molecule has 1 fully saturated rings. The lowest BCUT2D eigenvalue weighted by Crippen LogP contribution is -2.36. The van der Waals surface area contributed by atoms with Gasteiger partial charge in [-0.1, -0.05) is 5.21 Å². The van der Waals surface area contributed by atoms with E-state index in [1.54, 1.807) is 15.8 Å². The molecule has 1 aliphatic heterocycles. The maximum Gasteiger partial charge on any atom is 0.276 e. The zero-order valence-electron chi connectivity index (χ0n) is 15.5. The number of nitrogens with two attached hydrogens (primary N) is 1. The molecule has 0 unspecified atom stereocenters. The van der Waals surface area contributed by atoms with Gasteiger partial charge in [-0.3, -0.25) is 4.79 Å². The molecule has 10 heteroatoms. The van der Waals surface area contributed by atoms with Crippen LogP contribution in [0.5, 0.6) is 0 Å². The molecule has 10 nitrogen and oxygen atoms in total. The van der Waals surface area contributed by atoms with E-state index in [-0.39, 0.29) is 23.3 Å². The number of nitrogen functional groups attached to an aromatic ring is 1. The summed E-state index contributed by atoms with van der Waals surface area (Å²) in [5, 5.41) is 17.1. The van der Waals surface area contributed by atoms with Crippen LogP contribution in [0, 0.1) is 11.3 Å². The van der Waals surface area contributed by atoms with Crippen molar-refractivity contribution >= 4 is 17.7 Å². The molecule has 0 spiro atoms. The van der Waals surface area contributed by atoms with Crippen molar-refractivity contribution in [3.05, 3.63) is 23.7 Å². The highest BCUT2D eigenvalue weighted by atomic mass is 16.2. The molecular formula is C17H23N9O. The molecule has 0 bridgehead atoms. The third kappa shape index (κ3) is 3.81. The number of piperidine rings is 1. The van der Waals surface area contributed by atoms with Gasteiger partial charge in [0.1, 0.15) is 17.5 Å². The molecule has 0 atom stereocenters. The van der Waals surface area contributed by atoms with E-state index in [2.05, 4.69) is 20.3 Å². The summed E-state index contributed by atoms with van der Waals surface area (Å²) in [5.74, 6) is 0.631. The Morgan fingerprint density at radius 1 is 1.37 bits per heavy atom. The smallest absolute Gasteiger partial charge is 0.276 e. The van der Waals surface area contributed by atoms with Crippen LogP contribution in [-0.4, -0.2) is 61.9 Å². The summed E-state index contributed by atoms with van der Waals surface area (Å²) < 4.78 is 1.78. The van der Waals surface area contributed by atoms with Crippen LogP contribution in [-0.2, 0) is 0 Å². The Labute approximate surface area is 157 Å². The first kappa shape index (κ1) is 18.6. The summed E-state index contributed by atoms with van der Waals surface area (Å²) in [6.07, 6.45) is 4.83. The van der Waals surface area contributed by atoms with Gasteiger partial charge in [0.2, 0.25) is 5.95 Å². The molecule has 1 saturated heterocycles. The number of aromatic nitrogens is 5. The Morgan fingerprint density at radius 2 is 2.07 bits per heavy atom. The van der Waals surface area contributed by atoms with E-state index in [0.717, 1.165) is 25.9 Å². The molecule has 0 aromatic carbocycles. The van der Waals surface area contributed by atoms with Crippen LogP contribution in [0.4, 0.5) is 11.8 Å². The number of carbonyl (C=O) groups is 1. The Kier molecular flexibility index (Phi) is 5.49. The van der Waals surface area contributed by atoms with Gasteiger partial charge in [0.05, 0.1) is 18.4 Å². The van der Waals surface area contributed by atoms with Gasteiger partial charge in [-0.05, 0) is 26.7 Å². The van der Waals surface area contributed by atoms with Crippen LogP contribution in [0.3, 0.4) is 0 Å². The summed E-state index contributed by atoms with van der Waals surface area (Å²) in [7, 11) is 0. The lowest BCUT2D eigenvalue weighted by Gasteiger charge is -2.31. The second kappa shape index (κ2) is 7.99. The van der Waals surface area contributed by atoms with Gasteiger partial charge in [0.25, 0.3) is 5.91 Å². The quantitative estimate of drug-likeness (QED) is 0.821. The zero-order chi connectivity index (χ0) is 19.4. The molecule has 0 radical (unpaired) electrons. The van der Waals surface area contributed by atoms with E-state index in [9.17, 15) is 4.79 Å². The number of carbonyl (C=O) groups excluding carboxylic acids is 1. The topological polar surface area (TPSA) is 130 Å². The Hall–Kier alpha value is -3.22. The molecule has 2 aromatic rings. The van der Waals surface area contributed by atoms with Crippen molar-refractivity contribution in [1.82, 2.24) is 29.9 Å². The molecular weight excluding hydrogens is 346 g/mol. The van der Waals surface area contributed by atoms with E-state index in [0.29, 0.717) is 24.7 Å². The van der Waals surface area contributed by atoms with Crippen molar-refractivity contribution in [1.29, 1.82) is 5.26 Å². The van der Waals surface area contributed by atoms with Crippen LogP contribution < -0.4 is 10.6 Å². The summed E-state index contributed by atoms with van der Waals surface area (Å²) in [4.78, 5) is 24.6. The van der Waals surface area contributed by atoms with E-state index in [4.69, 9.17) is 11.0 Å². The largest absolute Gasteiger partial charge is 0.382 e. The van der Waals surface area contributed by atoms with Gasteiger partial charge in [-0.15, -0.1) is 5.10 Å². The normalized spacial score (nSPS) is 14.8. The first-order valence-corrected chi connectivity index (χ1v) is 9.06. The predicted molar refractivity (Wildman–Crippen MR) is 98.9 cm³/mol. The molecule has 2 N–H and O–H groups in total. The van der Waals surface area contributed by atoms with Crippen molar-refractivity contribution in [2.24, 2.45) is 0 Å². The van der Waals surface area contributed by atoms with Crippen LogP contribution in [0.1, 0.15) is 48.8 Å². The number of anilines is 2. The summed E-state index contributed by atoms with van der Waals surface area (Å²) in [6, 6.07) is 2.13. The molecule has 3 heterocycles. The van der Waals surface area contributed by atoms with Gasteiger partial charge in [-0.25, -0.2) is 9.67 Å². The number of hydrogen-bond donors (Lipinski definition) is 1. The van der Waals surface area contributed by atoms with Crippen molar-refractivity contribution in [3.63, 3.8) is 0 Å². The molecule has 27 heavy (non-hydrogen) atoms. The van der Waals surface area contributed by atoms with Crippen LogP contribution in [0.2, 0.25) is 0 Å². The van der Waals surface area contributed by atoms with Gasteiger partial charge >= 0.3 is 0 Å². The van der Waals surface area contributed by atoms with Crippen LogP contribution in [0.15, 0.2) is 12.4 Å². The van der Waals surface area contributed by atoms with E-state index < -0.39 is 0 Å². The second-order valence-electron chi connectivity index (χ2n) is 6.36. The molecule has 2 aromatic heterocycles.